The van der Waals surface area contributed by atoms with Gasteiger partial charge in [-0.05, 0) is 98.2 Å². The molecule has 1 amide bonds. The third-order valence-corrected chi connectivity index (χ3v) is 10.7. The third-order valence-electron chi connectivity index (χ3n) is 8.72. The van der Waals surface area contributed by atoms with Gasteiger partial charge in [0.2, 0.25) is 10.0 Å². The number of amides is 1. The summed E-state index contributed by atoms with van der Waals surface area (Å²) in [4.78, 5) is 15.5. The summed E-state index contributed by atoms with van der Waals surface area (Å²) in [7, 11) is -2.38. The first-order valence-corrected chi connectivity index (χ1v) is 16.4. The average Bonchev–Trinajstić information content (AvgIpc) is 2.96. The number of nitrogens with one attached hydrogen (secondary N) is 1. The highest BCUT2D eigenvalue weighted by Crippen LogP contribution is 2.41. The molecule has 2 aromatic carbocycles. The van der Waals surface area contributed by atoms with Crippen molar-refractivity contribution in [1.29, 1.82) is 0 Å². The smallest absolute Gasteiger partial charge is 0.264 e. The number of aryl methyl sites for hydroxylation is 1. The molecule has 2 aromatic rings. The van der Waals surface area contributed by atoms with E-state index in [1.165, 1.54) is 5.56 Å². The zero-order chi connectivity index (χ0) is 29.0. The molecule has 2 heterocycles. The van der Waals surface area contributed by atoms with E-state index in [0.29, 0.717) is 35.6 Å². The van der Waals surface area contributed by atoms with Crippen LogP contribution in [0.15, 0.2) is 48.6 Å². The van der Waals surface area contributed by atoms with Crippen LogP contribution >= 0.6 is 11.6 Å². The fraction of sp³-hybridized carbons (Fsp3) is 0.516. The summed E-state index contributed by atoms with van der Waals surface area (Å²) >= 11 is 6.30. The van der Waals surface area contributed by atoms with Gasteiger partial charge >= 0.3 is 0 Å². The SMILES string of the molecule is CO[C@H]1/C=C/CC[C@H](CO)S(=O)(=O)NC(=O)c2ccc3c(c2)N(CCCCc2cc(Cl)ccc2CO3)C[C@@H]2CC[C@H]21. The summed E-state index contributed by atoms with van der Waals surface area (Å²) in [5.74, 6) is 0.654. The molecule has 3 aliphatic rings. The van der Waals surface area contributed by atoms with Gasteiger partial charge in [0, 0.05) is 30.8 Å². The van der Waals surface area contributed by atoms with E-state index in [-0.39, 0.29) is 18.1 Å². The number of allylic oxidation sites excluding steroid dienone is 1. The van der Waals surface area contributed by atoms with Crippen LogP contribution in [0.2, 0.25) is 5.02 Å². The van der Waals surface area contributed by atoms with Gasteiger partial charge in [0.05, 0.1) is 18.4 Å². The van der Waals surface area contributed by atoms with Crippen molar-refractivity contribution in [2.75, 3.05) is 31.7 Å². The molecule has 2 N–H and O–H groups in total. The van der Waals surface area contributed by atoms with Crippen molar-refractivity contribution >= 4 is 33.2 Å². The molecule has 0 saturated heterocycles. The molecule has 8 nitrogen and oxygen atoms in total. The minimum absolute atomic E-state index is 0.0734. The minimum Gasteiger partial charge on any atom is -0.487 e. The molecule has 1 saturated carbocycles. The second kappa shape index (κ2) is 13.2. The van der Waals surface area contributed by atoms with Gasteiger partial charge in [0.25, 0.3) is 5.91 Å². The lowest BCUT2D eigenvalue weighted by molar-refractivity contribution is 0.0134. The van der Waals surface area contributed by atoms with Crippen molar-refractivity contribution in [3.05, 3.63) is 70.3 Å². The van der Waals surface area contributed by atoms with Gasteiger partial charge in [-0.1, -0.05) is 29.8 Å². The Labute approximate surface area is 247 Å². The molecule has 5 rings (SSSR count). The first-order chi connectivity index (χ1) is 19.8. The number of halogens is 1. The van der Waals surface area contributed by atoms with Gasteiger partial charge in [0.15, 0.2) is 0 Å². The van der Waals surface area contributed by atoms with E-state index in [1.54, 1.807) is 25.3 Å². The molecule has 2 bridgehead atoms. The number of rotatable bonds is 2. The van der Waals surface area contributed by atoms with Gasteiger partial charge < -0.3 is 19.5 Å². The summed E-state index contributed by atoms with van der Waals surface area (Å²) in [6.07, 6.45) is 9.45. The van der Waals surface area contributed by atoms with Crippen LogP contribution in [0.1, 0.15) is 60.0 Å². The summed E-state index contributed by atoms with van der Waals surface area (Å²) in [5, 5.41) is 9.44. The highest BCUT2D eigenvalue weighted by atomic mass is 35.5. The predicted molar refractivity (Wildman–Crippen MR) is 160 cm³/mol. The van der Waals surface area contributed by atoms with Crippen LogP contribution in [-0.2, 0) is 27.8 Å². The molecule has 10 heteroatoms. The Morgan fingerprint density at radius 2 is 1.98 bits per heavy atom. The summed E-state index contributed by atoms with van der Waals surface area (Å²) < 4.78 is 40.5. The molecule has 41 heavy (non-hydrogen) atoms. The quantitative estimate of drug-likeness (QED) is 0.472. The number of methoxy groups -OCH3 is 1. The van der Waals surface area contributed by atoms with Crippen molar-refractivity contribution in [1.82, 2.24) is 4.72 Å². The maximum atomic E-state index is 13.2. The molecule has 2 aliphatic heterocycles. The first kappa shape index (κ1) is 29.9. The topological polar surface area (TPSA) is 105 Å². The van der Waals surface area contributed by atoms with Crippen LogP contribution < -0.4 is 14.4 Å². The lowest BCUT2D eigenvalue weighted by atomic mass is 9.70. The number of anilines is 1. The second-order valence-electron chi connectivity index (χ2n) is 11.3. The van der Waals surface area contributed by atoms with Crippen molar-refractivity contribution in [3.63, 3.8) is 0 Å². The number of ether oxygens (including phenoxy) is 2. The van der Waals surface area contributed by atoms with E-state index in [2.05, 4.69) is 9.62 Å². The van der Waals surface area contributed by atoms with E-state index >= 15 is 0 Å². The van der Waals surface area contributed by atoms with Gasteiger partial charge in [0.1, 0.15) is 17.6 Å². The maximum absolute atomic E-state index is 13.2. The normalized spacial score (nSPS) is 27.6. The Morgan fingerprint density at radius 3 is 2.73 bits per heavy atom. The largest absolute Gasteiger partial charge is 0.487 e. The van der Waals surface area contributed by atoms with Crippen molar-refractivity contribution < 1.29 is 27.8 Å². The molecule has 1 aliphatic carbocycles. The van der Waals surface area contributed by atoms with Gasteiger partial charge in [-0.25, -0.2) is 13.1 Å². The van der Waals surface area contributed by atoms with Crippen LogP contribution in [0.3, 0.4) is 0 Å². The van der Waals surface area contributed by atoms with Gasteiger partial charge in [-0.2, -0.15) is 0 Å². The summed E-state index contributed by atoms with van der Waals surface area (Å²) in [6, 6.07) is 11.0. The monoisotopic (exact) mass is 602 g/mol. The molecule has 4 atom stereocenters. The Bertz CT molecular complexity index is 1380. The Balaban J connectivity index is 1.54. The fourth-order valence-corrected chi connectivity index (χ4v) is 7.52. The van der Waals surface area contributed by atoms with E-state index in [4.69, 9.17) is 21.1 Å². The van der Waals surface area contributed by atoms with Crippen LogP contribution in [0.25, 0.3) is 0 Å². The lowest BCUT2D eigenvalue weighted by Gasteiger charge is -2.43. The van der Waals surface area contributed by atoms with Crippen LogP contribution in [0, 0.1) is 11.8 Å². The molecule has 1 fully saturated rings. The lowest BCUT2D eigenvalue weighted by Crippen LogP contribution is -2.44. The molecule has 0 spiro atoms. The molecular weight excluding hydrogens is 564 g/mol. The number of aliphatic hydroxyl groups is 1. The van der Waals surface area contributed by atoms with Gasteiger partial charge in [-0.3, -0.25) is 4.79 Å². The van der Waals surface area contributed by atoms with Gasteiger partial charge in [-0.15, -0.1) is 0 Å². The van der Waals surface area contributed by atoms with Crippen molar-refractivity contribution in [3.8, 4) is 5.75 Å². The highest BCUT2D eigenvalue weighted by molar-refractivity contribution is 7.90. The highest BCUT2D eigenvalue weighted by Gasteiger charge is 2.38. The summed E-state index contributed by atoms with van der Waals surface area (Å²) in [6.45, 7) is 1.32. The molecule has 0 radical (unpaired) electrons. The number of carbonyl (C=O) groups excluding carboxylic acids is 1. The third kappa shape index (κ3) is 6.91. The number of hydrogen-bond acceptors (Lipinski definition) is 7. The van der Waals surface area contributed by atoms with Crippen LogP contribution in [-0.4, -0.2) is 57.6 Å². The zero-order valence-electron chi connectivity index (χ0n) is 23.4. The molecular formula is C31H39ClN2O6S. The fourth-order valence-electron chi connectivity index (χ4n) is 6.14. The predicted octanol–water partition coefficient (Wildman–Crippen LogP) is 4.87. The van der Waals surface area contributed by atoms with E-state index in [0.717, 1.165) is 56.4 Å². The second-order valence-corrected chi connectivity index (χ2v) is 13.7. The summed E-state index contributed by atoms with van der Waals surface area (Å²) in [5.41, 5.74) is 3.24. The number of carbonyl (C=O) groups is 1. The Kier molecular flexibility index (Phi) is 9.59. The number of sulfonamides is 1. The van der Waals surface area contributed by atoms with E-state index in [1.807, 2.05) is 30.4 Å². The van der Waals surface area contributed by atoms with Crippen molar-refractivity contribution in [2.24, 2.45) is 11.8 Å². The number of benzene rings is 2. The Hall–Kier alpha value is -2.59. The van der Waals surface area contributed by atoms with Crippen LogP contribution in [0.4, 0.5) is 5.69 Å². The number of hydrogen-bond donors (Lipinski definition) is 2. The average molecular weight is 603 g/mol. The first-order valence-electron chi connectivity index (χ1n) is 14.4. The standard InChI is InChI=1S/C31H39ClN2O6S/c1-39-29-8-3-2-7-26(19-35)41(37,38)33-31(36)22-11-14-30-28(17-22)34(18-23-10-13-27(23)29)15-5-4-6-21-16-25(32)12-9-24(21)20-40-30/h3,8-9,11-12,14,16-17,23,26-27,29,35H,2,4-7,10,13,15,18-20H2,1H3,(H,33,36)/b8-3+/t23-,26+,27+,29-/m0/s1. The van der Waals surface area contributed by atoms with Crippen LogP contribution in [0.5, 0.6) is 5.75 Å². The van der Waals surface area contributed by atoms with Crippen molar-refractivity contribution in [2.45, 2.75) is 62.9 Å². The number of nitrogens with zero attached hydrogens (tertiary/aromatic N) is 1. The molecule has 0 unspecified atom stereocenters. The molecule has 222 valence electrons. The maximum Gasteiger partial charge on any atom is 0.264 e. The molecule has 0 aromatic heterocycles. The van der Waals surface area contributed by atoms with E-state index in [9.17, 15) is 18.3 Å². The Morgan fingerprint density at radius 1 is 1.12 bits per heavy atom. The number of aliphatic hydroxyl groups excluding tert-OH is 1. The zero-order valence-corrected chi connectivity index (χ0v) is 25.0. The number of fused-ring (bicyclic) bond motifs is 3. The minimum atomic E-state index is -4.10. The van der Waals surface area contributed by atoms with E-state index < -0.39 is 27.8 Å².